The Labute approximate surface area is 54.1 Å². The van der Waals surface area contributed by atoms with Crippen LogP contribution in [0.25, 0.3) is 0 Å². The average Bonchev–Trinajstić information content (AvgIpc) is 1.90. The van der Waals surface area contributed by atoms with Crippen molar-refractivity contribution in [2.45, 2.75) is 0 Å². The van der Waals surface area contributed by atoms with Crippen LogP contribution in [-0.2, 0) is 0 Å². The summed E-state index contributed by atoms with van der Waals surface area (Å²) in [5.41, 5.74) is 0. The van der Waals surface area contributed by atoms with E-state index in [0.717, 1.165) is 0 Å². The Morgan fingerprint density at radius 1 is 1.38 bits per heavy atom. The summed E-state index contributed by atoms with van der Waals surface area (Å²) in [7, 11) is 8.26. The van der Waals surface area contributed by atoms with Crippen molar-refractivity contribution >= 4 is 33.1 Å². The third-order valence-corrected chi connectivity index (χ3v) is 0.981. The molecule has 1 rings (SSSR count). The van der Waals surface area contributed by atoms with Gasteiger partial charge in [-0.3, -0.25) is 5.09 Å². The van der Waals surface area contributed by atoms with Crippen molar-refractivity contribution in [3.63, 3.8) is 0 Å². The number of nitrogens with one attached hydrogen (secondary N) is 3. The first-order chi connectivity index (χ1) is 3.93. The molecule has 1 aliphatic rings. The highest BCUT2D eigenvalue weighted by Gasteiger charge is 2.10. The summed E-state index contributed by atoms with van der Waals surface area (Å²) in [5, 5.41) is 8.34. The van der Waals surface area contributed by atoms with E-state index in [2.05, 4.69) is 25.8 Å². The molecule has 0 amide bonds. The highest BCUT2D eigenvalue weighted by molar-refractivity contribution is 6.65. The molecule has 0 aliphatic carbocycles. The molecule has 6 radical (unpaired) electrons. The van der Waals surface area contributed by atoms with Crippen molar-refractivity contribution in [3.05, 3.63) is 0 Å². The first-order valence-electron chi connectivity index (χ1n) is 2.14. The second-order valence-electron chi connectivity index (χ2n) is 1.25. The molecule has 36 valence electrons. The largest absolute Gasteiger partial charge is 0.378 e. The molecule has 0 aromatic heterocycles. The molecular formula is H3B3N4Si. The van der Waals surface area contributed by atoms with Gasteiger partial charge in [-0.1, -0.05) is 0 Å². The van der Waals surface area contributed by atoms with Gasteiger partial charge in [0, 0.05) is 0 Å². The van der Waals surface area contributed by atoms with Crippen molar-refractivity contribution in [1.82, 2.24) is 20.2 Å². The van der Waals surface area contributed by atoms with Crippen LogP contribution in [0.15, 0.2) is 0 Å². The van der Waals surface area contributed by atoms with Gasteiger partial charge in [0.2, 0.25) is 0 Å². The third kappa shape index (κ3) is 1.64. The summed E-state index contributed by atoms with van der Waals surface area (Å²) < 4.78 is 0. The van der Waals surface area contributed by atoms with Gasteiger partial charge in [-0.15, -0.1) is 0 Å². The molecule has 0 aromatic carbocycles. The van der Waals surface area contributed by atoms with Crippen molar-refractivity contribution in [2.75, 3.05) is 0 Å². The Morgan fingerprint density at radius 3 is 2.38 bits per heavy atom. The SMILES string of the molecule is [Si]NN1[B]N[B]N[B]1. The normalized spacial score (nSPS) is 20.6. The highest BCUT2D eigenvalue weighted by atomic mass is 28.2. The number of hydrogen-bond acceptors (Lipinski definition) is 4. The molecule has 0 saturated carbocycles. The van der Waals surface area contributed by atoms with Crippen LogP contribution in [0.5, 0.6) is 0 Å². The van der Waals surface area contributed by atoms with Crippen molar-refractivity contribution in [1.29, 1.82) is 0 Å². The molecule has 8 heavy (non-hydrogen) atoms. The van der Waals surface area contributed by atoms with Gasteiger partial charge >= 0.3 is 15.1 Å². The number of hydrogen-bond donors (Lipinski definition) is 3. The molecule has 0 aromatic rings. The van der Waals surface area contributed by atoms with E-state index in [4.69, 9.17) is 0 Å². The monoisotopic (exact) mass is 120 g/mol. The lowest BCUT2D eigenvalue weighted by molar-refractivity contribution is 0.629. The van der Waals surface area contributed by atoms with Gasteiger partial charge in [0.25, 0.3) is 7.55 Å². The quantitative estimate of drug-likeness (QED) is 0.316. The smallest absolute Gasteiger partial charge is 0.301 e. The van der Waals surface area contributed by atoms with Gasteiger partial charge in [0.1, 0.15) is 0 Å². The zero-order valence-corrected chi connectivity index (χ0v) is 5.18. The van der Waals surface area contributed by atoms with Crippen molar-refractivity contribution in [3.8, 4) is 0 Å². The second kappa shape index (κ2) is 3.31. The molecule has 1 saturated heterocycles. The molecule has 8 heteroatoms. The number of rotatable bonds is 1. The standard InChI is InChI=1S/B3H3N4Si/c8-6-7-2-4-1-5-3-7/h4-6H. The summed E-state index contributed by atoms with van der Waals surface area (Å²) in [6.07, 6.45) is 0. The maximum atomic E-state index is 3.07. The molecule has 0 unspecified atom stereocenters. The third-order valence-electron chi connectivity index (χ3n) is 0.723. The topological polar surface area (TPSA) is 39.3 Å². The highest BCUT2D eigenvalue weighted by Crippen LogP contribution is 1.68. The molecule has 3 N–H and O–H groups in total. The second-order valence-corrected chi connectivity index (χ2v) is 1.48. The summed E-state index contributed by atoms with van der Waals surface area (Å²) >= 11 is 0. The summed E-state index contributed by atoms with van der Waals surface area (Å²) in [4.78, 5) is 1.68. The fourth-order valence-corrected chi connectivity index (χ4v) is 0.514. The minimum atomic E-state index is 1.68. The molecular weight excluding hydrogens is 117 g/mol. The molecule has 0 bridgehead atoms. The van der Waals surface area contributed by atoms with E-state index in [1.165, 1.54) is 0 Å². The Hall–Kier alpha value is 0.252. The maximum absolute atomic E-state index is 3.07. The van der Waals surface area contributed by atoms with Crippen LogP contribution >= 0.6 is 0 Å². The van der Waals surface area contributed by atoms with Gasteiger partial charge in [0.15, 0.2) is 10.4 Å². The van der Waals surface area contributed by atoms with E-state index in [9.17, 15) is 0 Å². The number of nitrogens with zero attached hydrogens (tertiary/aromatic N) is 1. The van der Waals surface area contributed by atoms with Crippen LogP contribution in [0.1, 0.15) is 0 Å². The number of hydrazine groups is 1. The Kier molecular flexibility index (Phi) is 2.64. The van der Waals surface area contributed by atoms with Crippen LogP contribution in [0.2, 0.25) is 0 Å². The summed E-state index contributed by atoms with van der Waals surface area (Å²) in [6, 6.07) is 0. The Bertz CT molecular complexity index is 62.3. The molecule has 4 nitrogen and oxygen atoms in total. The minimum Gasteiger partial charge on any atom is -0.378 e. The van der Waals surface area contributed by atoms with Gasteiger partial charge in [-0.2, -0.15) is 0 Å². The lowest BCUT2D eigenvalue weighted by Gasteiger charge is -2.23. The fourth-order valence-electron chi connectivity index (χ4n) is 0.385. The molecule has 0 atom stereocenters. The van der Waals surface area contributed by atoms with E-state index in [1.807, 2.05) is 0 Å². The van der Waals surface area contributed by atoms with Gasteiger partial charge in [0.05, 0.1) is 0 Å². The lowest BCUT2D eigenvalue weighted by Crippen LogP contribution is -2.61. The van der Waals surface area contributed by atoms with E-state index in [-0.39, 0.29) is 0 Å². The van der Waals surface area contributed by atoms with Crippen LogP contribution in [0.3, 0.4) is 0 Å². The van der Waals surface area contributed by atoms with Gasteiger partial charge in [-0.05, 0) is 0 Å². The molecule has 1 fully saturated rings. The van der Waals surface area contributed by atoms with Gasteiger partial charge < -0.3 is 15.1 Å². The average molecular weight is 120 g/mol. The summed E-state index contributed by atoms with van der Waals surface area (Å²) in [5.74, 6) is 0. The first-order valence-corrected chi connectivity index (χ1v) is 2.64. The van der Waals surface area contributed by atoms with Crippen molar-refractivity contribution < 1.29 is 0 Å². The van der Waals surface area contributed by atoms with E-state index < -0.39 is 0 Å². The maximum Gasteiger partial charge on any atom is 0.301 e. The van der Waals surface area contributed by atoms with E-state index in [0.29, 0.717) is 0 Å². The zero-order chi connectivity index (χ0) is 5.82. The predicted octanol–water partition coefficient (Wildman–Crippen LogP) is -3.33. The van der Waals surface area contributed by atoms with Crippen LogP contribution < -0.4 is 15.4 Å². The van der Waals surface area contributed by atoms with Gasteiger partial charge in [-0.25, -0.2) is 0 Å². The Balaban J connectivity index is 2.13. The van der Waals surface area contributed by atoms with Crippen LogP contribution in [0, 0.1) is 0 Å². The summed E-state index contributed by atoms with van der Waals surface area (Å²) in [6.45, 7) is 0. The lowest BCUT2D eigenvalue weighted by atomic mass is 9.83. The van der Waals surface area contributed by atoms with Crippen molar-refractivity contribution in [2.24, 2.45) is 0 Å². The predicted molar refractivity (Wildman–Crippen MR) is 34.3 cm³/mol. The molecule has 1 heterocycles. The Morgan fingerprint density at radius 2 is 2.00 bits per heavy atom. The van der Waals surface area contributed by atoms with Crippen LogP contribution in [-0.4, -0.2) is 37.9 Å². The van der Waals surface area contributed by atoms with E-state index >= 15 is 0 Å². The van der Waals surface area contributed by atoms with E-state index in [1.54, 1.807) is 27.5 Å². The fraction of sp³-hybridized carbons (Fsp3) is 0. The molecule has 1 aliphatic heterocycles. The molecule has 0 spiro atoms. The minimum absolute atomic E-state index is 1.68. The van der Waals surface area contributed by atoms with Crippen LogP contribution in [0.4, 0.5) is 0 Å². The zero-order valence-electron chi connectivity index (χ0n) is 4.18. The first kappa shape index (κ1) is 6.37.